The SMILES string of the molecule is CO[C@H]1CCC[C@@H]1OC(=O)CCC(=O)c1ccc(F)cc1F. The summed E-state index contributed by atoms with van der Waals surface area (Å²) >= 11 is 0. The molecule has 1 fully saturated rings. The normalized spacial score (nSPS) is 20.9. The van der Waals surface area contributed by atoms with E-state index in [4.69, 9.17) is 9.47 Å². The summed E-state index contributed by atoms with van der Waals surface area (Å²) in [5.41, 5.74) is -0.218. The maximum atomic E-state index is 13.5. The highest BCUT2D eigenvalue weighted by atomic mass is 19.1. The molecule has 0 heterocycles. The number of carbonyl (C=O) groups excluding carboxylic acids is 2. The second-order valence-corrected chi connectivity index (χ2v) is 5.28. The maximum Gasteiger partial charge on any atom is 0.306 e. The van der Waals surface area contributed by atoms with Crippen molar-refractivity contribution < 1.29 is 27.8 Å². The third kappa shape index (κ3) is 4.10. The Labute approximate surface area is 127 Å². The highest BCUT2D eigenvalue weighted by molar-refractivity contribution is 5.97. The monoisotopic (exact) mass is 312 g/mol. The molecule has 0 N–H and O–H groups in total. The first kappa shape index (κ1) is 16.5. The van der Waals surface area contributed by atoms with Crippen molar-refractivity contribution >= 4 is 11.8 Å². The Kier molecular flexibility index (Phi) is 5.60. The molecule has 0 spiro atoms. The van der Waals surface area contributed by atoms with Crippen molar-refractivity contribution in [2.75, 3.05) is 7.11 Å². The minimum absolute atomic E-state index is 0.103. The van der Waals surface area contributed by atoms with Crippen LogP contribution in [-0.4, -0.2) is 31.1 Å². The quantitative estimate of drug-likeness (QED) is 0.598. The van der Waals surface area contributed by atoms with Crippen LogP contribution in [0, 0.1) is 11.6 Å². The number of hydrogen-bond donors (Lipinski definition) is 0. The molecule has 1 aliphatic carbocycles. The molecular weight excluding hydrogens is 294 g/mol. The molecule has 4 nitrogen and oxygen atoms in total. The predicted molar refractivity (Wildman–Crippen MR) is 74.5 cm³/mol. The maximum absolute atomic E-state index is 13.5. The van der Waals surface area contributed by atoms with Gasteiger partial charge in [-0.3, -0.25) is 9.59 Å². The van der Waals surface area contributed by atoms with E-state index >= 15 is 0 Å². The van der Waals surface area contributed by atoms with Gasteiger partial charge in [-0.05, 0) is 31.4 Å². The molecule has 0 aromatic heterocycles. The van der Waals surface area contributed by atoms with Crippen molar-refractivity contribution in [1.82, 2.24) is 0 Å². The van der Waals surface area contributed by atoms with Crippen LogP contribution < -0.4 is 0 Å². The number of esters is 1. The van der Waals surface area contributed by atoms with Crippen LogP contribution in [0.5, 0.6) is 0 Å². The number of halogens is 2. The lowest BCUT2D eigenvalue weighted by Crippen LogP contribution is -2.27. The molecular formula is C16H18F2O4. The highest BCUT2D eigenvalue weighted by Gasteiger charge is 2.30. The third-order valence-corrected chi connectivity index (χ3v) is 3.77. The van der Waals surface area contributed by atoms with Gasteiger partial charge >= 0.3 is 5.97 Å². The van der Waals surface area contributed by atoms with E-state index in [1.165, 1.54) is 0 Å². The van der Waals surface area contributed by atoms with Crippen molar-refractivity contribution in [3.8, 4) is 0 Å². The first-order valence-corrected chi connectivity index (χ1v) is 7.21. The topological polar surface area (TPSA) is 52.6 Å². The van der Waals surface area contributed by atoms with Crippen molar-refractivity contribution in [2.24, 2.45) is 0 Å². The molecule has 120 valence electrons. The molecule has 1 aromatic carbocycles. The average molecular weight is 312 g/mol. The van der Waals surface area contributed by atoms with Crippen LogP contribution in [-0.2, 0) is 14.3 Å². The molecule has 22 heavy (non-hydrogen) atoms. The van der Waals surface area contributed by atoms with Crippen LogP contribution in [0.1, 0.15) is 42.5 Å². The van der Waals surface area contributed by atoms with Gasteiger partial charge in [0.05, 0.1) is 18.1 Å². The average Bonchev–Trinajstić information content (AvgIpc) is 2.92. The summed E-state index contributed by atoms with van der Waals surface area (Å²) in [6, 6.07) is 2.74. The summed E-state index contributed by atoms with van der Waals surface area (Å²) in [6.45, 7) is 0. The Bertz CT molecular complexity index is 559. The van der Waals surface area contributed by atoms with Gasteiger partial charge in [0.2, 0.25) is 0 Å². The van der Waals surface area contributed by atoms with E-state index < -0.39 is 23.4 Å². The van der Waals surface area contributed by atoms with Gasteiger partial charge in [0.15, 0.2) is 5.78 Å². The Morgan fingerprint density at radius 3 is 2.59 bits per heavy atom. The summed E-state index contributed by atoms with van der Waals surface area (Å²) in [6.07, 6.45) is 1.81. The molecule has 0 amide bonds. The van der Waals surface area contributed by atoms with Gasteiger partial charge in [-0.1, -0.05) is 0 Å². The number of ether oxygens (including phenoxy) is 2. The van der Waals surface area contributed by atoms with E-state index in [0.29, 0.717) is 6.07 Å². The van der Waals surface area contributed by atoms with Crippen molar-refractivity contribution in [3.05, 3.63) is 35.4 Å². The van der Waals surface area contributed by atoms with Crippen molar-refractivity contribution in [3.63, 3.8) is 0 Å². The summed E-state index contributed by atoms with van der Waals surface area (Å²) in [4.78, 5) is 23.6. The minimum atomic E-state index is -0.923. The summed E-state index contributed by atoms with van der Waals surface area (Å²) < 4.78 is 36.7. The van der Waals surface area contributed by atoms with Crippen LogP contribution in [0.4, 0.5) is 8.78 Å². The zero-order chi connectivity index (χ0) is 16.1. The smallest absolute Gasteiger partial charge is 0.306 e. The molecule has 2 rings (SSSR count). The molecule has 2 atom stereocenters. The van der Waals surface area contributed by atoms with Gasteiger partial charge in [-0.25, -0.2) is 8.78 Å². The standard InChI is InChI=1S/C16H18F2O4/c1-21-14-3-2-4-15(14)22-16(20)8-7-13(19)11-6-5-10(17)9-12(11)18/h5-6,9,14-15H,2-4,7-8H2,1H3/t14-,15-/m0/s1. The summed E-state index contributed by atoms with van der Waals surface area (Å²) in [7, 11) is 1.57. The summed E-state index contributed by atoms with van der Waals surface area (Å²) in [5.74, 6) is -2.73. The number of ketones is 1. The van der Waals surface area contributed by atoms with Gasteiger partial charge in [0.25, 0.3) is 0 Å². The number of Topliss-reactive ketones (excluding diaryl/α,β-unsaturated/α-hetero) is 1. The number of methoxy groups -OCH3 is 1. The van der Waals surface area contributed by atoms with E-state index in [1.54, 1.807) is 7.11 Å². The lowest BCUT2D eigenvalue weighted by atomic mass is 10.1. The first-order chi connectivity index (χ1) is 10.5. The van der Waals surface area contributed by atoms with Crippen LogP contribution >= 0.6 is 0 Å². The molecule has 1 saturated carbocycles. The van der Waals surface area contributed by atoms with E-state index in [-0.39, 0.29) is 30.6 Å². The molecule has 1 aromatic rings. The minimum Gasteiger partial charge on any atom is -0.460 e. The largest absolute Gasteiger partial charge is 0.460 e. The van der Waals surface area contributed by atoms with Gasteiger partial charge in [-0.15, -0.1) is 0 Å². The third-order valence-electron chi connectivity index (χ3n) is 3.77. The summed E-state index contributed by atoms with van der Waals surface area (Å²) in [5, 5.41) is 0. The van der Waals surface area contributed by atoms with E-state index in [0.717, 1.165) is 31.4 Å². The zero-order valence-corrected chi connectivity index (χ0v) is 12.3. The van der Waals surface area contributed by atoms with Crippen molar-refractivity contribution in [2.45, 2.75) is 44.3 Å². The molecule has 0 saturated heterocycles. The predicted octanol–water partition coefficient (Wildman–Crippen LogP) is 3.04. The lowest BCUT2D eigenvalue weighted by molar-refractivity contribution is -0.154. The number of carbonyl (C=O) groups is 2. The Hall–Kier alpha value is -1.82. The van der Waals surface area contributed by atoms with E-state index in [9.17, 15) is 18.4 Å². The highest BCUT2D eigenvalue weighted by Crippen LogP contribution is 2.25. The first-order valence-electron chi connectivity index (χ1n) is 7.21. The number of rotatable bonds is 6. The van der Waals surface area contributed by atoms with Crippen LogP contribution in [0.2, 0.25) is 0 Å². The number of hydrogen-bond acceptors (Lipinski definition) is 4. The second-order valence-electron chi connectivity index (χ2n) is 5.28. The van der Waals surface area contributed by atoms with Gasteiger partial charge in [0.1, 0.15) is 17.7 Å². The van der Waals surface area contributed by atoms with Crippen LogP contribution in [0.3, 0.4) is 0 Å². The van der Waals surface area contributed by atoms with Crippen molar-refractivity contribution in [1.29, 1.82) is 0 Å². The molecule has 0 unspecified atom stereocenters. The Morgan fingerprint density at radius 1 is 1.18 bits per heavy atom. The van der Waals surface area contributed by atoms with Gasteiger partial charge in [0, 0.05) is 19.6 Å². The van der Waals surface area contributed by atoms with E-state index in [2.05, 4.69) is 0 Å². The molecule has 0 bridgehead atoms. The fraction of sp³-hybridized carbons (Fsp3) is 0.500. The van der Waals surface area contributed by atoms with Gasteiger partial charge < -0.3 is 9.47 Å². The molecule has 0 radical (unpaired) electrons. The van der Waals surface area contributed by atoms with Crippen LogP contribution in [0.15, 0.2) is 18.2 Å². The molecule has 0 aliphatic heterocycles. The molecule has 1 aliphatic rings. The zero-order valence-electron chi connectivity index (χ0n) is 12.3. The van der Waals surface area contributed by atoms with E-state index in [1.807, 2.05) is 0 Å². The Morgan fingerprint density at radius 2 is 1.91 bits per heavy atom. The Balaban J connectivity index is 1.84. The number of benzene rings is 1. The fourth-order valence-corrected chi connectivity index (χ4v) is 2.59. The second kappa shape index (κ2) is 7.45. The fourth-order valence-electron chi connectivity index (χ4n) is 2.59. The molecule has 6 heteroatoms. The lowest BCUT2D eigenvalue weighted by Gasteiger charge is -2.18. The van der Waals surface area contributed by atoms with Crippen LogP contribution in [0.25, 0.3) is 0 Å². The van der Waals surface area contributed by atoms with Gasteiger partial charge in [-0.2, -0.15) is 0 Å².